The van der Waals surface area contributed by atoms with Gasteiger partial charge in [-0.25, -0.2) is 0 Å². The number of amides is 1. The monoisotopic (exact) mass is 306 g/mol. The summed E-state index contributed by atoms with van der Waals surface area (Å²) in [6, 6.07) is 11.3. The minimum atomic E-state index is -0.369. The molecule has 1 fully saturated rings. The highest BCUT2D eigenvalue weighted by atomic mass is 16.5. The molecule has 1 aromatic heterocycles. The molecular formula is C19H18N2O2. The molecule has 0 radical (unpaired) electrons. The number of terminal acetylenes is 1. The van der Waals surface area contributed by atoms with Gasteiger partial charge < -0.3 is 9.64 Å². The number of ether oxygens (including phenoxy) is 1. The third-order valence-electron chi connectivity index (χ3n) is 3.89. The summed E-state index contributed by atoms with van der Waals surface area (Å²) >= 11 is 0. The first-order chi connectivity index (χ1) is 11.3. The van der Waals surface area contributed by atoms with Gasteiger partial charge in [0.15, 0.2) is 0 Å². The Kier molecular flexibility index (Phi) is 4.70. The van der Waals surface area contributed by atoms with Crippen LogP contribution in [0.3, 0.4) is 0 Å². The van der Waals surface area contributed by atoms with Gasteiger partial charge in [0.2, 0.25) is 0 Å². The number of nitrogens with zero attached hydrogens (tertiary/aromatic N) is 2. The Hall–Kier alpha value is -2.64. The zero-order chi connectivity index (χ0) is 16.1. The molecule has 3 rings (SSSR count). The van der Waals surface area contributed by atoms with Gasteiger partial charge in [0.05, 0.1) is 6.54 Å². The molecule has 23 heavy (non-hydrogen) atoms. The van der Waals surface area contributed by atoms with E-state index in [0.29, 0.717) is 13.2 Å². The van der Waals surface area contributed by atoms with Crippen molar-refractivity contribution in [2.24, 2.45) is 0 Å². The number of hydrogen-bond acceptors (Lipinski definition) is 3. The number of carbonyl (C=O) groups is 1. The molecule has 0 unspecified atom stereocenters. The van der Waals surface area contributed by atoms with E-state index in [4.69, 9.17) is 11.2 Å². The van der Waals surface area contributed by atoms with Crippen molar-refractivity contribution in [1.29, 1.82) is 0 Å². The highest BCUT2D eigenvalue weighted by Crippen LogP contribution is 2.23. The van der Waals surface area contributed by atoms with E-state index in [-0.39, 0.29) is 12.0 Å². The number of aromatic nitrogens is 1. The smallest absolute Gasteiger partial charge is 0.256 e. The first kappa shape index (κ1) is 15.3. The molecule has 1 aliphatic heterocycles. The maximum Gasteiger partial charge on any atom is 0.256 e. The second-order valence-corrected chi connectivity index (χ2v) is 5.48. The van der Waals surface area contributed by atoms with Gasteiger partial charge in [-0.3, -0.25) is 9.78 Å². The maximum atomic E-state index is 12.9. The Morgan fingerprint density at radius 2 is 2.17 bits per heavy atom. The molecule has 2 heterocycles. The average molecular weight is 306 g/mol. The van der Waals surface area contributed by atoms with Crippen LogP contribution in [0.1, 0.15) is 24.0 Å². The Morgan fingerprint density at radius 3 is 2.87 bits per heavy atom. The molecule has 1 saturated heterocycles. The van der Waals surface area contributed by atoms with Crippen LogP contribution in [0.4, 0.5) is 5.69 Å². The van der Waals surface area contributed by atoms with E-state index in [1.54, 1.807) is 17.3 Å². The fourth-order valence-corrected chi connectivity index (χ4v) is 2.68. The molecule has 4 nitrogen and oxygen atoms in total. The minimum absolute atomic E-state index is 0.0199. The predicted octanol–water partition coefficient (Wildman–Crippen LogP) is 2.78. The van der Waals surface area contributed by atoms with Gasteiger partial charge in [-0.15, -0.1) is 6.42 Å². The number of anilines is 1. The summed E-state index contributed by atoms with van der Waals surface area (Å²) in [7, 11) is 0. The lowest BCUT2D eigenvalue weighted by molar-refractivity contribution is -0.127. The Labute approximate surface area is 136 Å². The highest BCUT2D eigenvalue weighted by Gasteiger charge is 2.29. The number of rotatable bonds is 4. The number of benzene rings is 1. The summed E-state index contributed by atoms with van der Waals surface area (Å²) in [4.78, 5) is 18.6. The van der Waals surface area contributed by atoms with Crippen molar-refractivity contribution in [3.8, 4) is 12.3 Å². The van der Waals surface area contributed by atoms with Crippen molar-refractivity contribution in [3.63, 3.8) is 0 Å². The topological polar surface area (TPSA) is 42.4 Å². The van der Waals surface area contributed by atoms with Crippen molar-refractivity contribution in [2.45, 2.75) is 25.5 Å². The minimum Gasteiger partial charge on any atom is -0.368 e. The van der Waals surface area contributed by atoms with Gasteiger partial charge in [0, 0.05) is 30.3 Å². The quantitative estimate of drug-likeness (QED) is 0.816. The first-order valence-electron chi connectivity index (χ1n) is 7.66. The van der Waals surface area contributed by atoms with E-state index >= 15 is 0 Å². The largest absolute Gasteiger partial charge is 0.368 e. The summed E-state index contributed by atoms with van der Waals surface area (Å²) in [6.07, 6.45) is 10.2. The van der Waals surface area contributed by atoms with Gasteiger partial charge >= 0.3 is 0 Å². The summed E-state index contributed by atoms with van der Waals surface area (Å²) in [5, 5.41) is 0. The van der Waals surface area contributed by atoms with Gasteiger partial charge in [-0.2, -0.15) is 0 Å². The number of pyridine rings is 1. The molecule has 0 saturated carbocycles. The van der Waals surface area contributed by atoms with Crippen molar-refractivity contribution >= 4 is 11.6 Å². The fraction of sp³-hybridized carbons (Fsp3) is 0.263. The van der Waals surface area contributed by atoms with Crippen LogP contribution in [-0.2, 0) is 16.1 Å². The second-order valence-electron chi connectivity index (χ2n) is 5.48. The van der Waals surface area contributed by atoms with Crippen molar-refractivity contribution < 1.29 is 9.53 Å². The maximum absolute atomic E-state index is 12.9. The lowest BCUT2D eigenvalue weighted by Gasteiger charge is -2.25. The first-order valence-corrected chi connectivity index (χ1v) is 7.66. The van der Waals surface area contributed by atoms with E-state index in [1.807, 2.05) is 36.4 Å². The molecule has 0 N–H and O–H groups in total. The lowest BCUT2D eigenvalue weighted by atomic mass is 10.1. The molecule has 1 atom stereocenters. The van der Waals surface area contributed by atoms with Crippen LogP contribution in [0, 0.1) is 12.3 Å². The van der Waals surface area contributed by atoms with Gasteiger partial charge in [-0.05, 0) is 48.7 Å². The third kappa shape index (κ3) is 3.58. The Balaban J connectivity index is 1.91. The van der Waals surface area contributed by atoms with Crippen LogP contribution >= 0.6 is 0 Å². The SMILES string of the molecule is C#Cc1cccc(N(Cc2ccncc2)C(=O)[C@@H]2CCCO2)c1. The summed E-state index contributed by atoms with van der Waals surface area (Å²) < 4.78 is 5.57. The van der Waals surface area contributed by atoms with Crippen LogP contribution in [0.2, 0.25) is 0 Å². The molecule has 1 aromatic carbocycles. The fourth-order valence-electron chi connectivity index (χ4n) is 2.68. The third-order valence-corrected chi connectivity index (χ3v) is 3.89. The van der Waals surface area contributed by atoms with Crippen LogP contribution in [0.25, 0.3) is 0 Å². The molecule has 116 valence electrons. The molecule has 1 amide bonds. The predicted molar refractivity (Wildman–Crippen MR) is 88.8 cm³/mol. The number of carbonyl (C=O) groups excluding carboxylic acids is 1. The molecule has 2 aromatic rings. The van der Waals surface area contributed by atoms with Crippen molar-refractivity contribution in [2.75, 3.05) is 11.5 Å². The zero-order valence-corrected chi connectivity index (χ0v) is 12.8. The van der Waals surface area contributed by atoms with Crippen molar-refractivity contribution in [1.82, 2.24) is 4.98 Å². The van der Waals surface area contributed by atoms with E-state index in [0.717, 1.165) is 29.7 Å². The van der Waals surface area contributed by atoms with Crippen LogP contribution in [0.15, 0.2) is 48.8 Å². The van der Waals surface area contributed by atoms with Crippen LogP contribution in [-0.4, -0.2) is 23.6 Å². The average Bonchev–Trinajstić information content (AvgIpc) is 3.15. The summed E-state index contributed by atoms with van der Waals surface area (Å²) in [6.45, 7) is 1.11. The van der Waals surface area contributed by atoms with Gasteiger partial charge in [0.1, 0.15) is 6.10 Å². The molecular weight excluding hydrogens is 288 g/mol. The van der Waals surface area contributed by atoms with E-state index in [2.05, 4.69) is 10.9 Å². The summed E-state index contributed by atoms with van der Waals surface area (Å²) in [5.41, 5.74) is 2.55. The van der Waals surface area contributed by atoms with E-state index in [9.17, 15) is 4.79 Å². The molecule has 4 heteroatoms. The van der Waals surface area contributed by atoms with E-state index < -0.39 is 0 Å². The molecule has 0 spiro atoms. The molecule has 0 bridgehead atoms. The molecule has 1 aliphatic rings. The Morgan fingerprint density at radius 1 is 1.35 bits per heavy atom. The van der Waals surface area contributed by atoms with E-state index in [1.165, 1.54) is 0 Å². The molecule has 0 aliphatic carbocycles. The normalized spacial score (nSPS) is 16.7. The zero-order valence-electron chi connectivity index (χ0n) is 12.8. The number of hydrogen-bond donors (Lipinski definition) is 0. The van der Waals surface area contributed by atoms with Gasteiger partial charge in [0.25, 0.3) is 5.91 Å². The highest BCUT2D eigenvalue weighted by molar-refractivity contribution is 5.96. The Bertz CT molecular complexity index is 716. The van der Waals surface area contributed by atoms with Crippen LogP contribution < -0.4 is 4.90 Å². The second kappa shape index (κ2) is 7.08. The van der Waals surface area contributed by atoms with Crippen molar-refractivity contribution in [3.05, 3.63) is 59.9 Å². The lowest BCUT2D eigenvalue weighted by Crippen LogP contribution is -2.38. The summed E-state index contributed by atoms with van der Waals surface area (Å²) in [5.74, 6) is 2.60. The van der Waals surface area contributed by atoms with Gasteiger partial charge in [-0.1, -0.05) is 12.0 Å². The standard InChI is InChI=1S/C19H18N2O2/c1-2-15-5-3-6-17(13-15)21(14-16-8-10-20-11-9-16)19(22)18-7-4-12-23-18/h1,3,5-6,8-11,13,18H,4,7,12,14H2/t18-/m0/s1. The van der Waals surface area contributed by atoms with Crippen LogP contribution in [0.5, 0.6) is 0 Å².